The summed E-state index contributed by atoms with van der Waals surface area (Å²) in [4.78, 5) is 12.1. The summed E-state index contributed by atoms with van der Waals surface area (Å²) in [7, 11) is 0. The fourth-order valence-corrected chi connectivity index (χ4v) is 3.30. The van der Waals surface area contributed by atoms with Gasteiger partial charge in [0.15, 0.2) is 0 Å². The molecule has 3 atom stereocenters. The van der Waals surface area contributed by atoms with Crippen molar-refractivity contribution in [2.45, 2.75) is 52.6 Å². The summed E-state index contributed by atoms with van der Waals surface area (Å²) in [5, 5.41) is 0. The molecule has 1 heterocycles. The first-order valence-corrected chi connectivity index (χ1v) is 6.28. The largest absolute Gasteiger partial charge is 0.462 e. The number of ether oxygens (including phenoxy) is 1. The van der Waals surface area contributed by atoms with Gasteiger partial charge in [0.1, 0.15) is 6.10 Å². The van der Waals surface area contributed by atoms with Crippen molar-refractivity contribution in [3.8, 4) is 0 Å². The van der Waals surface area contributed by atoms with Gasteiger partial charge < -0.3 is 4.74 Å². The quantitative estimate of drug-likeness (QED) is 0.502. The van der Waals surface area contributed by atoms with Crippen molar-refractivity contribution in [1.29, 1.82) is 0 Å². The minimum Gasteiger partial charge on any atom is -0.462 e. The van der Waals surface area contributed by atoms with Crippen molar-refractivity contribution in [1.82, 2.24) is 0 Å². The van der Waals surface area contributed by atoms with E-state index >= 15 is 0 Å². The predicted molar refractivity (Wildman–Crippen MR) is 63.9 cm³/mol. The highest BCUT2D eigenvalue weighted by molar-refractivity contribution is 5.78. The molecule has 1 saturated carbocycles. The van der Waals surface area contributed by atoms with Crippen molar-refractivity contribution in [3.05, 3.63) is 12.7 Å². The Balaban J connectivity index is 2.41. The number of carbonyl (C=O) groups excluding carboxylic acids is 1. The average molecular weight is 222 g/mol. The highest BCUT2D eigenvalue weighted by atomic mass is 16.5. The lowest BCUT2D eigenvalue weighted by atomic mass is 9.54. The molecule has 3 unspecified atom stereocenters. The molecule has 0 N–H and O–H groups in total. The van der Waals surface area contributed by atoms with Gasteiger partial charge in [-0.1, -0.05) is 19.4 Å². The van der Waals surface area contributed by atoms with Crippen LogP contribution in [0, 0.1) is 16.7 Å². The van der Waals surface area contributed by atoms with E-state index in [2.05, 4.69) is 13.5 Å². The van der Waals surface area contributed by atoms with Gasteiger partial charge in [0.05, 0.1) is 5.41 Å². The van der Waals surface area contributed by atoms with E-state index in [1.54, 1.807) is 0 Å². The van der Waals surface area contributed by atoms with E-state index in [-0.39, 0.29) is 17.5 Å². The summed E-state index contributed by atoms with van der Waals surface area (Å²) in [6, 6.07) is 0. The van der Waals surface area contributed by atoms with Crippen LogP contribution in [0.1, 0.15) is 46.5 Å². The second kappa shape index (κ2) is 3.61. The Labute approximate surface area is 98.1 Å². The van der Waals surface area contributed by atoms with Gasteiger partial charge in [-0.05, 0) is 33.1 Å². The fourth-order valence-electron chi connectivity index (χ4n) is 3.30. The van der Waals surface area contributed by atoms with Gasteiger partial charge in [-0.3, -0.25) is 4.79 Å². The van der Waals surface area contributed by atoms with Crippen LogP contribution in [0.15, 0.2) is 12.7 Å². The molecule has 2 rings (SSSR count). The maximum Gasteiger partial charge on any atom is 0.312 e. The van der Waals surface area contributed by atoms with Crippen LogP contribution in [0.5, 0.6) is 0 Å². The SMILES string of the molecule is C=CC1(C)C2CCCCC2OC(=O)C1(C)C. The van der Waals surface area contributed by atoms with Crippen LogP contribution in [0.4, 0.5) is 0 Å². The molecule has 1 saturated heterocycles. The van der Waals surface area contributed by atoms with Crippen LogP contribution in [0.25, 0.3) is 0 Å². The van der Waals surface area contributed by atoms with Crippen LogP contribution in [0.3, 0.4) is 0 Å². The Bertz CT molecular complexity index is 319. The Morgan fingerprint density at radius 1 is 1.31 bits per heavy atom. The van der Waals surface area contributed by atoms with E-state index in [0.717, 1.165) is 12.8 Å². The first-order chi connectivity index (χ1) is 7.43. The highest BCUT2D eigenvalue weighted by Gasteiger charge is 2.57. The Kier molecular flexibility index (Phi) is 2.64. The first-order valence-electron chi connectivity index (χ1n) is 6.28. The summed E-state index contributed by atoms with van der Waals surface area (Å²) in [5.41, 5.74) is -0.583. The summed E-state index contributed by atoms with van der Waals surface area (Å²) >= 11 is 0. The Morgan fingerprint density at radius 3 is 2.56 bits per heavy atom. The number of hydrogen-bond acceptors (Lipinski definition) is 2. The van der Waals surface area contributed by atoms with Crippen LogP contribution in [-0.4, -0.2) is 12.1 Å². The monoisotopic (exact) mass is 222 g/mol. The number of fused-ring (bicyclic) bond motifs is 1. The zero-order chi connectivity index (χ0) is 12.0. The fraction of sp³-hybridized carbons (Fsp3) is 0.786. The van der Waals surface area contributed by atoms with Gasteiger partial charge in [0.25, 0.3) is 0 Å². The lowest BCUT2D eigenvalue weighted by molar-refractivity contribution is -0.196. The molecule has 2 nitrogen and oxygen atoms in total. The predicted octanol–water partition coefficient (Wildman–Crippen LogP) is 3.32. The zero-order valence-electron chi connectivity index (χ0n) is 10.6. The van der Waals surface area contributed by atoms with E-state index in [1.165, 1.54) is 12.8 Å². The van der Waals surface area contributed by atoms with Crippen LogP contribution >= 0.6 is 0 Å². The minimum absolute atomic E-state index is 0.0574. The second-order valence-electron chi connectivity index (χ2n) is 5.95. The van der Waals surface area contributed by atoms with Gasteiger partial charge in [-0.15, -0.1) is 6.58 Å². The third-order valence-electron chi connectivity index (χ3n) is 5.01. The Morgan fingerprint density at radius 2 is 1.94 bits per heavy atom. The maximum absolute atomic E-state index is 12.1. The van der Waals surface area contributed by atoms with Crippen molar-refractivity contribution < 1.29 is 9.53 Å². The highest BCUT2D eigenvalue weighted by Crippen LogP contribution is 2.55. The minimum atomic E-state index is -0.451. The van der Waals surface area contributed by atoms with E-state index in [1.807, 2.05) is 19.9 Å². The molecule has 0 aromatic carbocycles. The molecular weight excluding hydrogens is 200 g/mol. The number of hydrogen-bond donors (Lipinski definition) is 0. The summed E-state index contributed by atoms with van der Waals surface area (Å²) in [6.07, 6.45) is 6.72. The molecule has 0 bridgehead atoms. The van der Waals surface area contributed by atoms with E-state index in [0.29, 0.717) is 5.92 Å². The summed E-state index contributed by atoms with van der Waals surface area (Å²) in [6.45, 7) is 10.1. The van der Waals surface area contributed by atoms with Gasteiger partial charge in [0.2, 0.25) is 0 Å². The third kappa shape index (κ3) is 1.35. The molecule has 0 aromatic rings. The van der Waals surface area contributed by atoms with Crippen molar-refractivity contribution in [3.63, 3.8) is 0 Å². The third-order valence-corrected chi connectivity index (χ3v) is 5.01. The van der Waals surface area contributed by atoms with Gasteiger partial charge in [-0.2, -0.15) is 0 Å². The van der Waals surface area contributed by atoms with E-state index < -0.39 is 5.41 Å². The molecule has 2 heteroatoms. The number of rotatable bonds is 1. The van der Waals surface area contributed by atoms with Crippen LogP contribution in [-0.2, 0) is 9.53 Å². The van der Waals surface area contributed by atoms with Crippen molar-refractivity contribution >= 4 is 5.97 Å². The molecule has 1 aliphatic carbocycles. The molecular formula is C14H22O2. The molecule has 0 amide bonds. The molecule has 16 heavy (non-hydrogen) atoms. The lowest BCUT2D eigenvalue weighted by Gasteiger charge is -2.54. The maximum atomic E-state index is 12.1. The molecule has 2 aliphatic rings. The van der Waals surface area contributed by atoms with Crippen molar-refractivity contribution in [2.24, 2.45) is 16.7 Å². The van der Waals surface area contributed by atoms with Crippen LogP contribution in [0.2, 0.25) is 0 Å². The van der Waals surface area contributed by atoms with Crippen molar-refractivity contribution in [2.75, 3.05) is 0 Å². The standard InChI is InChI=1S/C14H22O2/c1-5-14(4)10-8-6-7-9-11(10)16-12(15)13(14,2)3/h5,10-11H,1,6-9H2,2-4H3. The molecule has 0 spiro atoms. The van der Waals surface area contributed by atoms with E-state index in [9.17, 15) is 4.79 Å². The molecule has 1 aliphatic heterocycles. The topological polar surface area (TPSA) is 26.3 Å². The zero-order valence-corrected chi connectivity index (χ0v) is 10.6. The summed E-state index contributed by atoms with van der Waals surface area (Å²) < 4.78 is 5.62. The smallest absolute Gasteiger partial charge is 0.312 e. The van der Waals surface area contributed by atoms with Gasteiger partial charge in [0, 0.05) is 11.3 Å². The van der Waals surface area contributed by atoms with E-state index in [4.69, 9.17) is 4.74 Å². The lowest BCUT2D eigenvalue weighted by Crippen LogP contribution is -2.56. The Hall–Kier alpha value is -0.790. The second-order valence-corrected chi connectivity index (χ2v) is 5.95. The first kappa shape index (κ1) is 11.7. The molecule has 2 fully saturated rings. The average Bonchev–Trinajstić information content (AvgIpc) is 2.27. The van der Waals surface area contributed by atoms with Crippen LogP contribution < -0.4 is 0 Å². The molecule has 0 aromatic heterocycles. The number of allylic oxidation sites excluding steroid dienone is 1. The number of esters is 1. The van der Waals surface area contributed by atoms with Gasteiger partial charge in [-0.25, -0.2) is 0 Å². The normalized spacial score (nSPS) is 42.1. The molecule has 90 valence electrons. The molecule has 0 radical (unpaired) electrons. The summed E-state index contributed by atoms with van der Waals surface area (Å²) in [5.74, 6) is 0.393. The number of carbonyl (C=O) groups is 1. The van der Waals surface area contributed by atoms with Gasteiger partial charge >= 0.3 is 5.97 Å².